The largest absolute Gasteiger partial charge is 0.390 e. The van der Waals surface area contributed by atoms with E-state index in [1.54, 1.807) is 0 Å². The molecule has 4 rings (SSSR count). The summed E-state index contributed by atoms with van der Waals surface area (Å²) in [6.45, 7) is -0.600. The molecule has 0 radical (unpaired) electrons. The van der Waals surface area contributed by atoms with Crippen LogP contribution in [0.25, 0.3) is 11.0 Å². The van der Waals surface area contributed by atoms with E-state index in [1.165, 1.54) is 12.4 Å². The van der Waals surface area contributed by atoms with Gasteiger partial charge in [0.05, 0.1) is 33.9 Å². The molecule has 3 N–H and O–H groups in total. The molecule has 1 aliphatic heterocycles. The van der Waals surface area contributed by atoms with Gasteiger partial charge in [-0.25, -0.2) is 26.6 Å². The average molecular weight is 454 g/mol. The Balaban J connectivity index is 1.71. The van der Waals surface area contributed by atoms with Gasteiger partial charge in [-0.1, -0.05) is 0 Å². The van der Waals surface area contributed by atoms with Gasteiger partial charge in [-0.2, -0.15) is 4.31 Å². The summed E-state index contributed by atoms with van der Waals surface area (Å²) >= 11 is 0. The molecule has 31 heavy (non-hydrogen) atoms. The van der Waals surface area contributed by atoms with E-state index in [0.29, 0.717) is 0 Å². The summed E-state index contributed by atoms with van der Waals surface area (Å²) < 4.78 is 67.4. The molecule has 0 aliphatic carbocycles. The second-order valence-corrected chi connectivity index (χ2v) is 9.02. The lowest BCUT2D eigenvalue weighted by molar-refractivity contribution is 0.0303. The van der Waals surface area contributed by atoms with Crippen LogP contribution in [-0.4, -0.2) is 59.1 Å². The van der Waals surface area contributed by atoms with Crippen molar-refractivity contribution in [2.45, 2.75) is 23.6 Å². The van der Waals surface area contributed by atoms with Gasteiger partial charge in [0, 0.05) is 24.8 Å². The number of aliphatic hydroxyl groups excluding tert-OH is 1. The Morgan fingerprint density at radius 1 is 1.23 bits per heavy atom. The van der Waals surface area contributed by atoms with Crippen molar-refractivity contribution in [1.29, 1.82) is 0 Å². The van der Waals surface area contributed by atoms with Crippen LogP contribution in [0.4, 0.5) is 18.9 Å². The Morgan fingerprint density at radius 3 is 2.71 bits per heavy atom. The van der Waals surface area contributed by atoms with E-state index < -0.39 is 46.4 Å². The van der Waals surface area contributed by atoms with Gasteiger partial charge in [0.15, 0.2) is 11.6 Å². The normalized spacial score (nSPS) is 20.1. The van der Waals surface area contributed by atoms with Crippen molar-refractivity contribution in [3.05, 3.63) is 53.9 Å². The molecule has 2 unspecified atom stereocenters. The molecule has 1 aromatic heterocycles. The number of fused-ring (bicyclic) bond motifs is 1. The fraction of sp³-hybridized carbons (Fsp3) is 0.263. The third-order valence-electron chi connectivity index (χ3n) is 5.03. The molecule has 0 spiro atoms. The molecular weight excluding hydrogens is 437 g/mol. The van der Waals surface area contributed by atoms with Gasteiger partial charge >= 0.3 is 0 Å². The second-order valence-electron chi connectivity index (χ2n) is 7.09. The smallest absolute Gasteiger partial charge is 0.257 e. The number of alkyl halides is 1. The maximum atomic E-state index is 13.9. The Kier molecular flexibility index (Phi) is 5.45. The number of nitrogens with zero attached hydrogens (tertiary/aromatic N) is 2. The maximum Gasteiger partial charge on any atom is 0.257 e. The third-order valence-corrected chi connectivity index (χ3v) is 6.88. The monoisotopic (exact) mass is 454 g/mol. The Labute approximate surface area is 174 Å². The molecule has 8 nitrogen and oxygen atoms in total. The predicted molar refractivity (Wildman–Crippen MR) is 105 cm³/mol. The van der Waals surface area contributed by atoms with Gasteiger partial charge < -0.3 is 15.4 Å². The van der Waals surface area contributed by atoms with E-state index in [2.05, 4.69) is 15.3 Å². The van der Waals surface area contributed by atoms with E-state index in [0.717, 1.165) is 28.6 Å². The number of carbonyl (C=O) groups excluding carboxylic acids is 1. The fourth-order valence-electron chi connectivity index (χ4n) is 3.35. The zero-order valence-corrected chi connectivity index (χ0v) is 16.7. The number of aromatic amines is 1. The molecule has 1 aliphatic rings. The van der Waals surface area contributed by atoms with Crippen LogP contribution < -0.4 is 5.32 Å². The summed E-state index contributed by atoms with van der Waals surface area (Å²) in [7, 11) is -4.19. The molecule has 164 valence electrons. The van der Waals surface area contributed by atoms with Gasteiger partial charge in [0.1, 0.15) is 6.17 Å². The minimum Gasteiger partial charge on any atom is -0.390 e. The van der Waals surface area contributed by atoms with E-state index in [1.807, 2.05) is 0 Å². The number of imidazole rings is 1. The second kappa shape index (κ2) is 7.94. The van der Waals surface area contributed by atoms with Crippen LogP contribution in [0, 0.1) is 11.6 Å². The van der Waals surface area contributed by atoms with Gasteiger partial charge in [-0.05, 0) is 30.7 Å². The molecule has 2 aromatic carbocycles. The zero-order chi connectivity index (χ0) is 22.3. The molecule has 12 heteroatoms. The minimum atomic E-state index is -4.19. The molecule has 0 saturated carbocycles. The number of benzene rings is 2. The molecule has 1 fully saturated rings. The SMILES string of the molecule is O=C(Nc1ccc(F)c(F)c1)c1cc(S(=O)(=O)N2CCC(O)C(F)C2)cc2nc[nH]c12. The quantitative estimate of drug-likeness (QED) is 0.559. The highest BCUT2D eigenvalue weighted by Gasteiger charge is 2.35. The van der Waals surface area contributed by atoms with E-state index in [9.17, 15) is 31.5 Å². The molecule has 3 aromatic rings. The molecule has 2 heterocycles. The van der Waals surface area contributed by atoms with Crippen LogP contribution in [0.2, 0.25) is 0 Å². The summed E-state index contributed by atoms with van der Waals surface area (Å²) in [6, 6.07) is 5.13. The highest BCUT2D eigenvalue weighted by atomic mass is 32.2. The lowest BCUT2D eigenvalue weighted by Crippen LogP contribution is -2.47. The van der Waals surface area contributed by atoms with Crippen molar-refractivity contribution in [3.8, 4) is 0 Å². The molecular formula is C19H17F3N4O4S. The van der Waals surface area contributed by atoms with Crippen molar-refractivity contribution in [2.24, 2.45) is 0 Å². The number of piperidine rings is 1. The van der Waals surface area contributed by atoms with Crippen molar-refractivity contribution in [2.75, 3.05) is 18.4 Å². The number of nitrogens with one attached hydrogen (secondary N) is 2. The van der Waals surface area contributed by atoms with Crippen molar-refractivity contribution >= 4 is 32.7 Å². The Bertz CT molecular complexity index is 1260. The first kappa shape index (κ1) is 21.3. The van der Waals surface area contributed by atoms with Crippen LogP contribution in [0.3, 0.4) is 0 Å². The van der Waals surface area contributed by atoms with Crippen LogP contribution in [0.1, 0.15) is 16.8 Å². The highest BCUT2D eigenvalue weighted by molar-refractivity contribution is 7.89. The number of sulfonamides is 1. The van der Waals surface area contributed by atoms with Gasteiger partial charge in [-0.3, -0.25) is 4.79 Å². The van der Waals surface area contributed by atoms with E-state index >= 15 is 0 Å². The molecule has 2 atom stereocenters. The first-order chi connectivity index (χ1) is 14.7. The topological polar surface area (TPSA) is 115 Å². The Hall–Kier alpha value is -2.96. The number of rotatable bonds is 4. The number of anilines is 1. The molecule has 0 bridgehead atoms. The van der Waals surface area contributed by atoms with Crippen LogP contribution in [0.5, 0.6) is 0 Å². The number of aromatic nitrogens is 2. The van der Waals surface area contributed by atoms with Crippen molar-refractivity contribution in [3.63, 3.8) is 0 Å². The zero-order valence-electron chi connectivity index (χ0n) is 15.8. The standard InChI is InChI=1S/C19H17F3N4O4S/c20-13-2-1-10(5-14(13)21)25-19(28)12-6-11(7-16-18(12)24-9-23-16)31(29,30)26-4-3-17(27)15(22)8-26/h1-2,5-7,9,15,17,27H,3-4,8H2,(H,23,24)(H,25,28). The third kappa shape index (κ3) is 4.01. The lowest BCUT2D eigenvalue weighted by Gasteiger charge is -2.31. The summed E-state index contributed by atoms with van der Waals surface area (Å²) in [4.78, 5) is 19.2. The van der Waals surface area contributed by atoms with Gasteiger partial charge in [0.25, 0.3) is 5.91 Å². The van der Waals surface area contributed by atoms with E-state index in [4.69, 9.17) is 0 Å². The predicted octanol–water partition coefficient (Wildman–Crippen LogP) is 2.19. The van der Waals surface area contributed by atoms with E-state index in [-0.39, 0.29) is 40.1 Å². The molecule has 1 saturated heterocycles. The van der Waals surface area contributed by atoms with Gasteiger partial charge in [-0.15, -0.1) is 0 Å². The first-order valence-corrected chi connectivity index (χ1v) is 10.7. The summed E-state index contributed by atoms with van der Waals surface area (Å²) in [6.07, 6.45) is -1.76. The van der Waals surface area contributed by atoms with Crippen LogP contribution >= 0.6 is 0 Å². The Morgan fingerprint density at radius 2 is 2.00 bits per heavy atom. The summed E-state index contributed by atoms with van der Waals surface area (Å²) in [5.74, 6) is -3.02. The van der Waals surface area contributed by atoms with Crippen LogP contribution in [-0.2, 0) is 10.0 Å². The minimum absolute atomic E-state index is 0.0323. The average Bonchev–Trinajstić information content (AvgIpc) is 3.20. The molecule has 1 amide bonds. The fourth-order valence-corrected chi connectivity index (χ4v) is 4.86. The summed E-state index contributed by atoms with van der Waals surface area (Å²) in [5.41, 5.74) is 0.268. The highest BCUT2D eigenvalue weighted by Crippen LogP contribution is 2.27. The number of aliphatic hydroxyl groups is 1. The number of hydrogen-bond donors (Lipinski definition) is 3. The van der Waals surface area contributed by atoms with Gasteiger partial charge in [0.2, 0.25) is 10.0 Å². The number of H-pyrrole nitrogens is 1. The maximum absolute atomic E-state index is 13.9. The number of halogens is 3. The summed E-state index contributed by atoms with van der Waals surface area (Å²) in [5, 5.41) is 11.9. The number of carbonyl (C=O) groups is 1. The number of amides is 1. The first-order valence-electron chi connectivity index (χ1n) is 9.22. The number of hydrogen-bond acceptors (Lipinski definition) is 5. The van der Waals surface area contributed by atoms with Crippen LogP contribution in [0.15, 0.2) is 41.6 Å². The van der Waals surface area contributed by atoms with Crippen molar-refractivity contribution < 1.29 is 31.5 Å². The lowest BCUT2D eigenvalue weighted by atomic mass is 10.1. The van der Waals surface area contributed by atoms with Crippen molar-refractivity contribution in [1.82, 2.24) is 14.3 Å².